The second-order valence-corrected chi connectivity index (χ2v) is 3.71. The van der Waals surface area contributed by atoms with Crippen LogP contribution in [0.15, 0.2) is 36.4 Å². The Morgan fingerprint density at radius 1 is 1.06 bits per heavy atom. The quantitative estimate of drug-likeness (QED) is 0.734. The average molecular weight is 278 g/mol. The molecule has 0 aromatic heterocycles. The maximum absolute atomic E-state index is 13.1. The summed E-state index contributed by atoms with van der Waals surface area (Å²) in [5.41, 5.74) is -0.634. The van der Waals surface area contributed by atoms with E-state index in [1.54, 1.807) is 31.2 Å². The zero-order chi connectivity index (χ0) is 12.5. The summed E-state index contributed by atoms with van der Waals surface area (Å²) >= 11 is 0. The van der Waals surface area contributed by atoms with Crippen LogP contribution in [0.5, 0.6) is 5.75 Å². The van der Waals surface area contributed by atoms with Gasteiger partial charge in [0.25, 0.3) is 0 Å². The molecule has 2 aromatic rings. The molecule has 0 amide bonds. The van der Waals surface area contributed by atoms with Gasteiger partial charge in [-0.15, -0.1) is 0 Å². The Hall–Kier alpha value is -0.00870. The van der Waals surface area contributed by atoms with E-state index in [-0.39, 0.29) is 69.1 Å². The number of fused-ring (bicyclic) bond motifs is 1. The Morgan fingerprint density at radius 3 is 2.33 bits per heavy atom. The van der Waals surface area contributed by atoms with Gasteiger partial charge in [-0.05, 0) is 23.8 Å². The maximum atomic E-state index is 13.1. The van der Waals surface area contributed by atoms with Gasteiger partial charge in [-0.3, -0.25) is 0 Å². The predicted octanol–water partition coefficient (Wildman–Crippen LogP) is 0.297. The Morgan fingerprint density at radius 2 is 1.72 bits per heavy atom. The van der Waals surface area contributed by atoms with Crippen LogP contribution >= 0.6 is 0 Å². The smallest absolute Gasteiger partial charge is 0.497 e. The molecule has 1 nitrogen and oxygen atoms in total. The molecule has 90 valence electrons. The van der Waals surface area contributed by atoms with Crippen molar-refractivity contribution in [3.8, 4) is 5.75 Å². The summed E-state index contributed by atoms with van der Waals surface area (Å²) in [7, 11) is 0. The SMILES string of the molecule is CCOc1ccc2ccccc2c1[B-](F)(F)F.[K+]. The topological polar surface area (TPSA) is 9.23 Å². The van der Waals surface area contributed by atoms with Crippen LogP contribution in [-0.2, 0) is 0 Å². The van der Waals surface area contributed by atoms with E-state index >= 15 is 0 Å². The minimum Gasteiger partial charge on any atom is -0.497 e. The van der Waals surface area contributed by atoms with Crippen LogP contribution in [0.25, 0.3) is 10.8 Å². The van der Waals surface area contributed by atoms with Crippen LogP contribution in [0.2, 0.25) is 0 Å². The van der Waals surface area contributed by atoms with E-state index in [0.717, 1.165) is 0 Å². The van der Waals surface area contributed by atoms with Crippen molar-refractivity contribution < 1.29 is 69.1 Å². The third kappa shape index (κ3) is 3.30. The summed E-state index contributed by atoms with van der Waals surface area (Å²) in [6.07, 6.45) is 0. The van der Waals surface area contributed by atoms with Gasteiger partial charge < -0.3 is 17.7 Å². The summed E-state index contributed by atoms with van der Waals surface area (Å²) in [6.45, 7) is -3.19. The van der Waals surface area contributed by atoms with Crippen molar-refractivity contribution in [2.75, 3.05) is 6.61 Å². The molecule has 0 saturated heterocycles. The summed E-state index contributed by atoms with van der Waals surface area (Å²) in [5, 5.41) is 0.774. The Bertz CT molecular complexity index is 542. The first-order valence-electron chi connectivity index (χ1n) is 5.38. The molecular weight excluding hydrogens is 267 g/mol. The summed E-state index contributed by atoms with van der Waals surface area (Å²) in [5.74, 6) is -0.0845. The Balaban J connectivity index is 0.00000162. The third-order valence-corrected chi connectivity index (χ3v) is 2.56. The zero-order valence-electron chi connectivity index (χ0n) is 10.3. The normalized spacial score (nSPS) is 11.1. The summed E-state index contributed by atoms with van der Waals surface area (Å²) in [6, 6.07) is 9.49. The van der Waals surface area contributed by atoms with Gasteiger partial charge in [-0.2, -0.15) is 0 Å². The van der Waals surface area contributed by atoms with Gasteiger partial charge in [0.1, 0.15) is 0 Å². The van der Waals surface area contributed by atoms with Gasteiger partial charge in [-0.1, -0.05) is 35.8 Å². The molecule has 0 heterocycles. The number of hydrogen-bond donors (Lipinski definition) is 0. The molecule has 0 radical (unpaired) electrons. The maximum Gasteiger partial charge on any atom is 1.00 e. The fourth-order valence-corrected chi connectivity index (χ4v) is 1.89. The molecule has 0 aliphatic carbocycles. The van der Waals surface area contributed by atoms with Crippen LogP contribution < -0.4 is 61.6 Å². The number of benzene rings is 2. The van der Waals surface area contributed by atoms with Crippen molar-refractivity contribution in [2.24, 2.45) is 0 Å². The average Bonchev–Trinajstić information content (AvgIpc) is 2.27. The van der Waals surface area contributed by atoms with E-state index in [4.69, 9.17) is 4.74 Å². The number of rotatable bonds is 3. The molecule has 6 heteroatoms. The molecule has 0 aliphatic rings. The number of hydrogen-bond acceptors (Lipinski definition) is 1. The van der Waals surface area contributed by atoms with Gasteiger partial charge in [0.15, 0.2) is 0 Å². The predicted molar refractivity (Wildman–Crippen MR) is 63.8 cm³/mol. The minimum absolute atomic E-state index is 0. The first-order valence-corrected chi connectivity index (χ1v) is 5.38. The third-order valence-electron chi connectivity index (χ3n) is 2.56. The molecule has 0 aliphatic heterocycles. The number of ether oxygens (including phenoxy) is 1. The number of halogens is 3. The molecule has 0 N–H and O–H groups in total. The van der Waals surface area contributed by atoms with Crippen LogP contribution in [0.4, 0.5) is 12.9 Å². The largest absolute Gasteiger partial charge is 1.00 e. The van der Waals surface area contributed by atoms with Crippen molar-refractivity contribution in [3.63, 3.8) is 0 Å². The van der Waals surface area contributed by atoms with Gasteiger partial charge in [0.2, 0.25) is 0 Å². The molecule has 0 saturated carbocycles. The van der Waals surface area contributed by atoms with E-state index in [0.29, 0.717) is 5.39 Å². The van der Waals surface area contributed by atoms with Gasteiger partial charge in [0, 0.05) is 0 Å². The van der Waals surface area contributed by atoms with Crippen molar-refractivity contribution in [2.45, 2.75) is 6.92 Å². The van der Waals surface area contributed by atoms with Crippen LogP contribution in [0.1, 0.15) is 6.92 Å². The Labute approximate surface area is 146 Å². The second-order valence-electron chi connectivity index (χ2n) is 3.71. The molecule has 0 spiro atoms. The first kappa shape index (κ1) is 16.0. The molecule has 18 heavy (non-hydrogen) atoms. The Kier molecular flexibility index (Phi) is 5.73. The zero-order valence-corrected chi connectivity index (χ0v) is 13.4. The molecule has 0 atom stereocenters. The van der Waals surface area contributed by atoms with Crippen molar-refractivity contribution in [1.29, 1.82) is 0 Å². The van der Waals surface area contributed by atoms with Crippen molar-refractivity contribution in [1.82, 2.24) is 0 Å². The van der Waals surface area contributed by atoms with Crippen LogP contribution in [0.3, 0.4) is 0 Å². The van der Waals surface area contributed by atoms with Crippen molar-refractivity contribution >= 4 is 23.2 Å². The van der Waals surface area contributed by atoms with E-state index in [2.05, 4.69) is 0 Å². The van der Waals surface area contributed by atoms with Crippen molar-refractivity contribution in [3.05, 3.63) is 36.4 Å². The summed E-state index contributed by atoms with van der Waals surface area (Å²) < 4.78 is 44.3. The molecule has 2 aromatic carbocycles. The first-order chi connectivity index (χ1) is 8.04. The van der Waals surface area contributed by atoms with E-state index in [1.807, 2.05) is 0 Å². The van der Waals surface area contributed by atoms with Gasteiger partial charge in [0.05, 0.1) is 12.4 Å². The van der Waals surface area contributed by atoms with E-state index < -0.39 is 12.4 Å². The summed E-state index contributed by atoms with van der Waals surface area (Å²) in [4.78, 5) is 0. The fourth-order valence-electron chi connectivity index (χ4n) is 1.89. The molecular formula is C12H11BF3KO. The van der Waals surface area contributed by atoms with E-state index in [9.17, 15) is 12.9 Å². The monoisotopic (exact) mass is 278 g/mol. The van der Waals surface area contributed by atoms with Gasteiger partial charge in [-0.25, -0.2) is 0 Å². The van der Waals surface area contributed by atoms with Gasteiger partial charge >= 0.3 is 58.4 Å². The second kappa shape index (κ2) is 6.43. The molecule has 0 unspecified atom stereocenters. The standard InChI is InChI=1S/C12H11BF3O.K/c1-2-17-11-8-7-9-5-3-4-6-10(9)12(11)13(14,15)16;/h3-8H,2H2,1H3;/q-1;+1. The fraction of sp³-hybridized carbons (Fsp3) is 0.167. The van der Waals surface area contributed by atoms with Crippen LogP contribution in [0, 0.1) is 0 Å². The van der Waals surface area contributed by atoms with Crippen LogP contribution in [-0.4, -0.2) is 13.6 Å². The minimum atomic E-state index is -5.08. The van der Waals surface area contributed by atoms with E-state index in [1.165, 1.54) is 12.1 Å². The molecule has 2 rings (SSSR count). The molecule has 0 bridgehead atoms. The molecule has 0 fully saturated rings.